The summed E-state index contributed by atoms with van der Waals surface area (Å²) in [6, 6.07) is -0.756. The number of anilines is 1. The number of H-pyrrole nitrogens is 1. The molecule has 0 aliphatic rings. The van der Waals surface area contributed by atoms with Crippen LogP contribution in [-0.2, 0) is 11.2 Å². The number of nitrogens with two attached hydrogens (primary N) is 2. The van der Waals surface area contributed by atoms with Gasteiger partial charge in [0, 0.05) is 0 Å². The zero-order valence-electron chi connectivity index (χ0n) is 9.91. The van der Waals surface area contributed by atoms with E-state index in [2.05, 4.69) is 15.5 Å². The van der Waals surface area contributed by atoms with Crippen LogP contribution in [0.5, 0.6) is 0 Å². The topological polar surface area (TPSA) is 127 Å². The number of carbonyl (C=O) groups is 2. The molecule has 1 unspecified atom stereocenters. The van der Waals surface area contributed by atoms with Gasteiger partial charge in [-0.05, 0) is 13.3 Å². The van der Waals surface area contributed by atoms with Crippen molar-refractivity contribution in [1.82, 2.24) is 15.5 Å². The first-order valence-corrected chi connectivity index (χ1v) is 5.40. The summed E-state index contributed by atoms with van der Waals surface area (Å²) in [5, 5.41) is 8.95. The number of amides is 2. The van der Waals surface area contributed by atoms with Crippen LogP contribution in [0.25, 0.3) is 0 Å². The van der Waals surface area contributed by atoms with Gasteiger partial charge in [0.05, 0.1) is 11.4 Å². The third kappa shape index (κ3) is 2.96. The van der Waals surface area contributed by atoms with E-state index in [1.165, 1.54) is 6.92 Å². The molecule has 0 aliphatic heterocycles. The Hall–Kier alpha value is -2.05. The minimum Gasteiger partial charge on any atom is -0.395 e. The lowest BCUT2D eigenvalue weighted by Crippen LogP contribution is -2.42. The van der Waals surface area contributed by atoms with Crippen LogP contribution < -0.4 is 16.8 Å². The van der Waals surface area contributed by atoms with Crippen molar-refractivity contribution in [3.63, 3.8) is 0 Å². The van der Waals surface area contributed by atoms with Crippen molar-refractivity contribution in [3.8, 4) is 0 Å². The zero-order valence-corrected chi connectivity index (χ0v) is 9.91. The van der Waals surface area contributed by atoms with Crippen LogP contribution in [-0.4, -0.2) is 28.1 Å². The Morgan fingerprint density at radius 3 is 2.71 bits per heavy atom. The Morgan fingerprint density at radius 2 is 2.18 bits per heavy atom. The maximum absolute atomic E-state index is 11.7. The molecule has 0 saturated heterocycles. The molecule has 17 heavy (non-hydrogen) atoms. The predicted molar refractivity (Wildman–Crippen MR) is 63.1 cm³/mol. The van der Waals surface area contributed by atoms with Crippen molar-refractivity contribution < 1.29 is 9.59 Å². The van der Waals surface area contributed by atoms with Gasteiger partial charge in [0.25, 0.3) is 5.91 Å². The van der Waals surface area contributed by atoms with Gasteiger partial charge in [-0.3, -0.25) is 14.7 Å². The number of hydrogen-bond acceptors (Lipinski definition) is 4. The standard InChI is InChI=1S/C10H17N5O2/c1-3-4-6-7(11)8(15-14-6)10(17)13-5(2)9(12)16/h5H,3-4,11H2,1-2H3,(H2,12,16)(H,13,17)(H,14,15). The van der Waals surface area contributed by atoms with Crippen molar-refractivity contribution in [2.24, 2.45) is 5.73 Å². The normalized spacial score (nSPS) is 12.1. The van der Waals surface area contributed by atoms with Crippen LogP contribution in [0.4, 0.5) is 5.69 Å². The average Bonchev–Trinajstić information content (AvgIpc) is 2.61. The van der Waals surface area contributed by atoms with Gasteiger partial charge < -0.3 is 16.8 Å². The smallest absolute Gasteiger partial charge is 0.274 e. The summed E-state index contributed by atoms with van der Waals surface area (Å²) in [5.41, 5.74) is 12.0. The number of aromatic nitrogens is 2. The van der Waals surface area contributed by atoms with Crippen LogP contribution >= 0.6 is 0 Å². The van der Waals surface area contributed by atoms with Gasteiger partial charge in [-0.15, -0.1) is 0 Å². The number of rotatable bonds is 5. The van der Waals surface area contributed by atoms with E-state index < -0.39 is 17.9 Å². The highest BCUT2D eigenvalue weighted by molar-refractivity contribution is 5.99. The SMILES string of the molecule is CCCc1[nH]nc(C(=O)NC(C)C(N)=O)c1N. The molecule has 0 spiro atoms. The minimum atomic E-state index is -0.756. The van der Waals surface area contributed by atoms with Gasteiger partial charge in [-0.2, -0.15) is 5.10 Å². The summed E-state index contributed by atoms with van der Waals surface area (Å²) < 4.78 is 0. The molecule has 1 heterocycles. The van der Waals surface area contributed by atoms with Crippen LogP contribution in [0, 0.1) is 0 Å². The molecule has 1 aromatic heterocycles. The van der Waals surface area contributed by atoms with Crippen LogP contribution in [0.1, 0.15) is 36.5 Å². The largest absolute Gasteiger partial charge is 0.395 e. The molecular weight excluding hydrogens is 222 g/mol. The molecule has 2 amide bonds. The Bertz CT molecular complexity index is 426. The predicted octanol–water partition coefficient (Wildman–Crippen LogP) is -0.452. The number of primary amides is 1. The molecule has 0 radical (unpaired) electrons. The molecule has 6 N–H and O–H groups in total. The third-order valence-corrected chi connectivity index (χ3v) is 2.37. The lowest BCUT2D eigenvalue weighted by molar-refractivity contribution is -0.119. The van der Waals surface area contributed by atoms with E-state index in [-0.39, 0.29) is 5.69 Å². The third-order valence-electron chi connectivity index (χ3n) is 2.37. The van der Waals surface area contributed by atoms with E-state index in [9.17, 15) is 9.59 Å². The van der Waals surface area contributed by atoms with Crippen molar-refractivity contribution >= 4 is 17.5 Å². The second-order valence-electron chi connectivity index (χ2n) is 3.81. The van der Waals surface area contributed by atoms with Gasteiger partial charge in [0.1, 0.15) is 6.04 Å². The highest BCUT2D eigenvalue weighted by Crippen LogP contribution is 2.15. The van der Waals surface area contributed by atoms with Gasteiger partial charge >= 0.3 is 0 Å². The van der Waals surface area contributed by atoms with Crippen LogP contribution in [0.2, 0.25) is 0 Å². The van der Waals surface area contributed by atoms with Crippen molar-refractivity contribution in [2.45, 2.75) is 32.7 Å². The highest BCUT2D eigenvalue weighted by atomic mass is 16.2. The number of hydrogen-bond donors (Lipinski definition) is 4. The maximum atomic E-state index is 11.7. The molecule has 1 aromatic rings. The second-order valence-corrected chi connectivity index (χ2v) is 3.81. The molecule has 7 nitrogen and oxygen atoms in total. The van der Waals surface area contributed by atoms with Crippen molar-refractivity contribution in [3.05, 3.63) is 11.4 Å². The summed E-state index contributed by atoms with van der Waals surface area (Å²) in [4.78, 5) is 22.5. The molecule has 0 saturated carbocycles. The summed E-state index contributed by atoms with van der Waals surface area (Å²) >= 11 is 0. The molecular formula is C10H17N5O2. The Morgan fingerprint density at radius 1 is 1.53 bits per heavy atom. The van der Waals surface area contributed by atoms with Crippen molar-refractivity contribution in [2.75, 3.05) is 5.73 Å². The van der Waals surface area contributed by atoms with E-state index in [1.54, 1.807) is 0 Å². The summed E-state index contributed by atoms with van der Waals surface area (Å²) in [6.07, 6.45) is 1.61. The average molecular weight is 239 g/mol. The van der Waals surface area contributed by atoms with Gasteiger partial charge in [0.2, 0.25) is 5.91 Å². The first-order valence-electron chi connectivity index (χ1n) is 5.40. The van der Waals surface area contributed by atoms with Gasteiger partial charge in [-0.1, -0.05) is 13.3 Å². The summed E-state index contributed by atoms with van der Waals surface area (Å²) in [7, 11) is 0. The molecule has 0 fully saturated rings. The Balaban J connectivity index is 2.79. The number of aromatic amines is 1. The van der Waals surface area contributed by atoms with Crippen LogP contribution in [0.3, 0.4) is 0 Å². The summed E-state index contributed by atoms with van der Waals surface area (Å²) in [5.74, 6) is -1.12. The fourth-order valence-corrected chi connectivity index (χ4v) is 1.34. The fraction of sp³-hybridized carbons (Fsp3) is 0.500. The number of nitrogens with zero attached hydrogens (tertiary/aromatic N) is 1. The molecule has 1 atom stereocenters. The van der Waals surface area contributed by atoms with Gasteiger partial charge in [-0.25, -0.2) is 0 Å². The Kier molecular flexibility index (Phi) is 4.08. The molecule has 0 aliphatic carbocycles. The molecule has 7 heteroatoms. The number of carbonyl (C=O) groups excluding carboxylic acids is 2. The molecule has 94 valence electrons. The van der Waals surface area contributed by atoms with E-state index >= 15 is 0 Å². The first-order chi connectivity index (χ1) is 7.97. The minimum absolute atomic E-state index is 0.0987. The lowest BCUT2D eigenvalue weighted by atomic mass is 10.2. The van der Waals surface area contributed by atoms with E-state index in [1.807, 2.05) is 6.92 Å². The van der Waals surface area contributed by atoms with E-state index in [0.717, 1.165) is 18.5 Å². The summed E-state index contributed by atoms with van der Waals surface area (Å²) in [6.45, 7) is 3.49. The lowest BCUT2D eigenvalue weighted by Gasteiger charge is -2.08. The highest BCUT2D eigenvalue weighted by Gasteiger charge is 2.20. The number of aryl methyl sites for hydroxylation is 1. The molecule has 1 rings (SSSR count). The van der Waals surface area contributed by atoms with Crippen molar-refractivity contribution in [1.29, 1.82) is 0 Å². The quantitative estimate of drug-likeness (QED) is 0.554. The number of nitrogen functional groups attached to an aromatic ring is 1. The molecule has 0 bridgehead atoms. The van der Waals surface area contributed by atoms with Gasteiger partial charge in [0.15, 0.2) is 5.69 Å². The van der Waals surface area contributed by atoms with Crippen LogP contribution in [0.15, 0.2) is 0 Å². The maximum Gasteiger partial charge on any atom is 0.274 e. The zero-order chi connectivity index (χ0) is 13.0. The first kappa shape index (κ1) is 13.0. The Labute approximate surface area is 98.9 Å². The van der Waals surface area contributed by atoms with E-state index in [0.29, 0.717) is 5.69 Å². The second kappa shape index (κ2) is 5.33. The molecule has 0 aromatic carbocycles. The fourth-order valence-electron chi connectivity index (χ4n) is 1.34. The van der Waals surface area contributed by atoms with E-state index in [4.69, 9.17) is 11.5 Å². The number of nitrogens with one attached hydrogen (secondary N) is 2. The monoisotopic (exact) mass is 239 g/mol.